The molecule has 4 amide bonds. The van der Waals surface area contributed by atoms with Gasteiger partial charge in [-0.05, 0) is 23.3 Å². The highest BCUT2D eigenvalue weighted by Gasteiger charge is 2.54. The van der Waals surface area contributed by atoms with Crippen LogP contribution in [-0.4, -0.2) is 135 Å². The molecule has 3 aromatic heterocycles. The minimum absolute atomic E-state index is 0.0133. The molecule has 2 unspecified atom stereocenters. The molecule has 0 bridgehead atoms. The number of aliphatic carboxylic acids is 2. The van der Waals surface area contributed by atoms with Crippen LogP contribution >= 0.6 is 34.9 Å². The molecule has 0 radical (unpaired) electrons. The van der Waals surface area contributed by atoms with Gasteiger partial charge in [-0.25, -0.2) is 9.78 Å². The Balaban J connectivity index is 1.06. The summed E-state index contributed by atoms with van der Waals surface area (Å²) >= 11 is 3.46. The molecular formula is C33H30N10O10S3. The first-order valence-electron chi connectivity index (χ1n) is 16.7. The normalized spacial score (nSPS) is 18.6. The molecule has 20 nitrogen and oxygen atoms in total. The van der Waals surface area contributed by atoms with E-state index in [2.05, 4.69) is 35.8 Å². The van der Waals surface area contributed by atoms with Crippen LogP contribution in [0.25, 0.3) is 11.0 Å². The maximum absolute atomic E-state index is 13.9. The van der Waals surface area contributed by atoms with Crippen LogP contribution in [-0.2, 0) is 30.4 Å². The minimum Gasteiger partial charge on any atom is -0.508 e. The zero-order valence-corrected chi connectivity index (χ0v) is 31.2. The van der Waals surface area contributed by atoms with Gasteiger partial charge in [0.2, 0.25) is 23.7 Å². The Labute approximate surface area is 327 Å². The molecule has 0 spiro atoms. The fourth-order valence-electron chi connectivity index (χ4n) is 6.20. The van der Waals surface area contributed by atoms with E-state index in [-0.39, 0.29) is 51.5 Å². The second-order valence-electron chi connectivity index (χ2n) is 12.6. The van der Waals surface area contributed by atoms with Gasteiger partial charge in [0.05, 0.1) is 11.8 Å². The van der Waals surface area contributed by atoms with E-state index in [1.807, 2.05) is 4.90 Å². The third-order valence-corrected chi connectivity index (χ3v) is 12.5. The lowest BCUT2D eigenvalue weighted by Crippen LogP contribution is -2.71. The lowest BCUT2D eigenvalue weighted by atomic mass is 10.0. The van der Waals surface area contributed by atoms with Gasteiger partial charge in [0.15, 0.2) is 4.34 Å². The molecule has 4 aromatic rings. The van der Waals surface area contributed by atoms with Crippen molar-refractivity contribution in [2.24, 2.45) is 0 Å². The number of rotatable bonds is 13. The third kappa shape index (κ3) is 7.72. The maximum Gasteiger partial charge on any atom is 0.352 e. The molecule has 3 aliphatic heterocycles. The molecule has 290 valence electrons. The number of benzene rings is 1. The van der Waals surface area contributed by atoms with E-state index < -0.39 is 52.5 Å². The maximum atomic E-state index is 13.9. The molecule has 0 aliphatic carbocycles. The summed E-state index contributed by atoms with van der Waals surface area (Å²) in [6, 6.07) is 2.74. The van der Waals surface area contributed by atoms with Crippen molar-refractivity contribution in [3.8, 4) is 5.75 Å². The van der Waals surface area contributed by atoms with Gasteiger partial charge in [-0.2, -0.15) is 4.98 Å². The van der Waals surface area contributed by atoms with E-state index in [0.717, 1.165) is 40.6 Å². The van der Waals surface area contributed by atoms with E-state index in [4.69, 9.17) is 5.11 Å². The number of β-lactam (4-membered cyclic amide) rings is 1. The number of thioether (sulfide) groups is 2. The van der Waals surface area contributed by atoms with Crippen molar-refractivity contribution < 1.29 is 44.1 Å². The fourth-order valence-corrected chi connectivity index (χ4v) is 9.57. The lowest BCUT2D eigenvalue weighted by molar-refractivity contribution is -0.151. The topological polar surface area (TPSA) is 281 Å². The Hall–Kier alpha value is -6.07. The number of piperazine rings is 1. The quantitative estimate of drug-likeness (QED) is 0.0578. The first-order chi connectivity index (χ1) is 26.9. The number of nitrogens with one attached hydrogen (secondary N) is 3. The number of carbonyl (C=O) groups is 6. The summed E-state index contributed by atoms with van der Waals surface area (Å²) in [6.07, 6.45) is 2.92. The Bertz CT molecular complexity index is 2350. The molecule has 6 heterocycles. The number of carbonyl (C=O) groups excluding carboxylic acids is 4. The molecular weight excluding hydrogens is 793 g/mol. The zero-order chi connectivity index (χ0) is 39.7. The van der Waals surface area contributed by atoms with Crippen LogP contribution in [0.5, 0.6) is 5.75 Å². The predicted molar refractivity (Wildman–Crippen MR) is 200 cm³/mol. The van der Waals surface area contributed by atoms with E-state index in [1.54, 1.807) is 4.90 Å². The number of hydrogen-bond donors (Lipinski definition) is 6. The SMILES string of the molecule is O=CN1CCN(c2ncc3c(=O)c(C(=O)NC(C(=O)NC4C(=O)N5C(C(=O)O)=C(CSc6nnc(CC(=O)O)s6)CS[C@@H]45)c4ccc(O)cc4)c[nH]c3n2)CC1. The number of nitrogens with zero attached hydrogens (tertiary/aromatic N) is 7. The van der Waals surface area contributed by atoms with Gasteiger partial charge in [0.25, 0.3) is 11.8 Å². The highest BCUT2D eigenvalue weighted by Crippen LogP contribution is 2.42. The van der Waals surface area contributed by atoms with Crippen molar-refractivity contribution in [3.63, 3.8) is 0 Å². The highest BCUT2D eigenvalue weighted by molar-refractivity contribution is 8.01. The van der Waals surface area contributed by atoms with E-state index in [1.165, 1.54) is 42.2 Å². The Morgan fingerprint density at radius 1 is 1.07 bits per heavy atom. The number of anilines is 1. The number of aromatic hydroxyl groups is 1. The van der Waals surface area contributed by atoms with Crippen molar-refractivity contribution >= 4 is 87.9 Å². The number of carboxylic acids is 2. The molecule has 0 saturated carbocycles. The average Bonchev–Trinajstić information content (AvgIpc) is 3.64. The van der Waals surface area contributed by atoms with Gasteiger partial charge in [-0.3, -0.25) is 33.7 Å². The first-order valence-corrected chi connectivity index (χ1v) is 19.6. The standard InChI is InChI=1S/C33H30N10O10S3/c44-14-41-5-7-42(8-6-41)32-35-10-18-25(48)19(11-34-26(18)38-32)27(49)36-22(15-1-3-17(45)4-2-15)28(50)37-23-29(51)43-24(31(52)53)16(12-54-30(23)43)13-55-33-40-39-20(56-33)9-21(46)47/h1-4,10-11,14,22-23,30,45H,5-9,12-13H2,(H,36,49)(H,37,50)(H,46,47)(H,52,53)(H,34,35,38,48)/t22?,23?,30-/m0/s1. The Morgan fingerprint density at radius 2 is 1.82 bits per heavy atom. The molecule has 6 N–H and O–H groups in total. The van der Waals surface area contributed by atoms with Crippen LogP contribution in [0.3, 0.4) is 0 Å². The monoisotopic (exact) mass is 822 g/mol. The molecule has 3 atom stereocenters. The Morgan fingerprint density at radius 3 is 2.52 bits per heavy atom. The predicted octanol–water partition coefficient (Wildman–Crippen LogP) is -0.217. The molecule has 56 heavy (non-hydrogen) atoms. The van der Waals surface area contributed by atoms with Gasteiger partial charge in [-0.1, -0.05) is 35.2 Å². The number of phenols is 1. The first kappa shape index (κ1) is 38.2. The van der Waals surface area contributed by atoms with E-state index in [0.29, 0.717) is 47.0 Å². The molecule has 2 fully saturated rings. The van der Waals surface area contributed by atoms with Gasteiger partial charge in [-0.15, -0.1) is 22.0 Å². The molecule has 23 heteroatoms. The molecule has 7 rings (SSSR count). The van der Waals surface area contributed by atoms with E-state index in [9.17, 15) is 43.8 Å². The largest absolute Gasteiger partial charge is 0.508 e. The summed E-state index contributed by atoms with van der Waals surface area (Å²) in [7, 11) is 0. The van der Waals surface area contributed by atoms with Crippen LogP contribution < -0.4 is 21.0 Å². The lowest BCUT2D eigenvalue weighted by Gasteiger charge is -2.49. The van der Waals surface area contributed by atoms with Crippen LogP contribution in [0.15, 0.2) is 57.1 Å². The van der Waals surface area contributed by atoms with Crippen molar-refractivity contribution in [1.29, 1.82) is 0 Å². The fraction of sp³-hybridized carbons (Fsp3) is 0.303. The number of H-pyrrole nitrogens is 1. The van der Waals surface area contributed by atoms with Crippen LogP contribution in [0, 0.1) is 0 Å². The van der Waals surface area contributed by atoms with Crippen molar-refractivity contribution in [2.45, 2.75) is 28.2 Å². The summed E-state index contributed by atoms with van der Waals surface area (Å²) in [5, 5.41) is 41.4. The number of hydrogen-bond acceptors (Lipinski definition) is 16. The minimum atomic E-state index is -1.46. The molecule has 2 saturated heterocycles. The zero-order valence-electron chi connectivity index (χ0n) is 28.8. The summed E-state index contributed by atoms with van der Waals surface area (Å²) < 4.78 is 0.433. The van der Waals surface area contributed by atoms with Crippen molar-refractivity contribution in [3.05, 3.63) is 74.3 Å². The number of amides is 4. The van der Waals surface area contributed by atoms with Crippen molar-refractivity contribution in [1.82, 2.24) is 45.6 Å². The number of fused-ring (bicyclic) bond motifs is 2. The second-order valence-corrected chi connectivity index (χ2v) is 16.0. The van der Waals surface area contributed by atoms with Gasteiger partial charge < -0.3 is 40.7 Å². The van der Waals surface area contributed by atoms with Gasteiger partial charge in [0, 0.05) is 50.1 Å². The van der Waals surface area contributed by atoms with Crippen molar-refractivity contribution in [2.75, 3.05) is 42.6 Å². The van der Waals surface area contributed by atoms with Crippen LogP contribution in [0.2, 0.25) is 0 Å². The van der Waals surface area contributed by atoms with E-state index >= 15 is 0 Å². The highest BCUT2D eigenvalue weighted by atomic mass is 32.2. The third-order valence-electron chi connectivity index (χ3n) is 9.04. The molecule has 3 aliphatic rings. The number of carboxylic acid groups (broad SMARTS) is 2. The number of pyridine rings is 1. The average molecular weight is 823 g/mol. The summed E-state index contributed by atoms with van der Waals surface area (Å²) in [5.41, 5.74) is -0.500. The summed E-state index contributed by atoms with van der Waals surface area (Å²) in [5.74, 6) is -4.32. The number of phenolic OH excluding ortho intramolecular Hbond substituents is 1. The number of aromatic amines is 1. The van der Waals surface area contributed by atoms with Crippen LogP contribution in [0.4, 0.5) is 5.95 Å². The smallest absolute Gasteiger partial charge is 0.352 e. The summed E-state index contributed by atoms with van der Waals surface area (Å²) in [6.45, 7) is 1.94. The van der Waals surface area contributed by atoms with Crippen LogP contribution in [0.1, 0.15) is 27.0 Å². The van der Waals surface area contributed by atoms with Gasteiger partial charge >= 0.3 is 11.9 Å². The second kappa shape index (κ2) is 16.0. The molecule has 1 aromatic carbocycles. The number of aromatic nitrogens is 5. The van der Waals surface area contributed by atoms with Gasteiger partial charge in [0.1, 0.15) is 45.1 Å². The summed E-state index contributed by atoms with van der Waals surface area (Å²) in [4.78, 5) is 105. The Kier molecular flexibility index (Phi) is 10.9.